The number of aryl methyl sites for hydroxylation is 1. The first kappa shape index (κ1) is 30.4. The maximum absolute atomic E-state index is 14.0. The van der Waals surface area contributed by atoms with Crippen molar-refractivity contribution in [3.63, 3.8) is 0 Å². The Morgan fingerprint density at radius 1 is 0.891 bits per heavy atom. The molecule has 10 heteroatoms. The average Bonchev–Trinajstić information content (AvgIpc) is 3.61. The summed E-state index contributed by atoms with van der Waals surface area (Å²) in [5.74, 6) is -0.261. The summed E-state index contributed by atoms with van der Waals surface area (Å²) in [4.78, 5) is 46.9. The van der Waals surface area contributed by atoms with E-state index in [4.69, 9.17) is 9.41 Å². The van der Waals surface area contributed by atoms with Crippen LogP contribution in [-0.2, 0) is 20.5 Å². The molecule has 10 nitrogen and oxygen atoms in total. The zero-order chi connectivity index (χ0) is 32.4. The van der Waals surface area contributed by atoms with E-state index in [0.717, 1.165) is 25.8 Å². The van der Waals surface area contributed by atoms with E-state index in [1.54, 1.807) is 12.3 Å². The van der Waals surface area contributed by atoms with Crippen molar-refractivity contribution in [1.29, 1.82) is 0 Å². The molecule has 6 rings (SSSR count). The van der Waals surface area contributed by atoms with Gasteiger partial charge < -0.3 is 19.7 Å². The van der Waals surface area contributed by atoms with Crippen LogP contribution in [0.2, 0.25) is 0 Å². The van der Waals surface area contributed by atoms with E-state index in [-0.39, 0.29) is 29.8 Å². The second-order valence-electron chi connectivity index (χ2n) is 11.5. The lowest BCUT2D eigenvalue weighted by Gasteiger charge is -2.41. The van der Waals surface area contributed by atoms with Crippen molar-refractivity contribution < 1.29 is 14.3 Å². The second-order valence-corrected chi connectivity index (χ2v) is 11.5. The first-order chi connectivity index (χ1) is 22.2. The van der Waals surface area contributed by atoms with E-state index >= 15 is 0 Å². The van der Waals surface area contributed by atoms with Crippen LogP contribution in [0, 0.1) is 6.92 Å². The summed E-state index contributed by atoms with van der Waals surface area (Å²) in [6, 6.07) is 28.2. The molecule has 1 amide bonds. The molecule has 0 radical (unpaired) electrons. The third kappa shape index (κ3) is 5.77. The van der Waals surface area contributed by atoms with E-state index in [2.05, 4.69) is 5.32 Å². The number of benzene rings is 3. The van der Waals surface area contributed by atoms with Crippen LogP contribution in [0.1, 0.15) is 50.3 Å². The number of aromatic hydroxyl groups is 1. The summed E-state index contributed by atoms with van der Waals surface area (Å²) in [6.45, 7) is 2.53. The van der Waals surface area contributed by atoms with Crippen LogP contribution in [0.25, 0.3) is 0 Å². The first-order valence-corrected chi connectivity index (χ1v) is 15.1. The summed E-state index contributed by atoms with van der Waals surface area (Å²) >= 11 is 0. The van der Waals surface area contributed by atoms with Gasteiger partial charge in [0.05, 0.1) is 18.8 Å². The molecule has 3 heterocycles. The number of rotatable bonds is 8. The standard InChI is InChI=1S/C36H35N5O5/c1-23-15-17-25(18-16-23)38-32(30-34(43)39(2)36(45)40(3)35(30)44)37-22-28-26-12-7-8-13-27(26)33(42)41(31(28)29-14-9-21-46-29)20-19-24-10-5-4-6-11-24/h4-18,21,28,31,43H,19-20,22H2,1-3H3,(H,37,38)/t28-,31+/m0/s1. The number of furan rings is 1. The SMILES string of the molecule is Cc1ccc(NC(=NC[C@H]2c3ccccc3C(=O)N(CCc3ccccc3)[C@H]2c2ccco2)c2c(O)n(C)c(=O)n(C)c2=O)cc1. The topological polar surface area (TPSA) is 122 Å². The lowest BCUT2D eigenvalue weighted by Crippen LogP contribution is -2.44. The number of amides is 1. The molecule has 1 aliphatic rings. The number of anilines is 1. The van der Waals surface area contributed by atoms with Crippen LogP contribution in [0.4, 0.5) is 5.69 Å². The Labute approximate surface area is 265 Å². The van der Waals surface area contributed by atoms with Crippen molar-refractivity contribution in [1.82, 2.24) is 14.0 Å². The molecule has 0 bridgehead atoms. The Morgan fingerprint density at radius 2 is 1.61 bits per heavy atom. The van der Waals surface area contributed by atoms with Crippen molar-refractivity contribution in [2.75, 3.05) is 18.4 Å². The highest BCUT2D eigenvalue weighted by atomic mass is 16.3. The molecule has 234 valence electrons. The summed E-state index contributed by atoms with van der Waals surface area (Å²) < 4.78 is 7.89. The summed E-state index contributed by atoms with van der Waals surface area (Å²) in [5.41, 5.74) is 2.69. The van der Waals surface area contributed by atoms with Gasteiger partial charge >= 0.3 is 5.69 Å². The molecule has 2 aromatic heterocycles. The van der Waals surface area contributed by atoms with Crippen LogP contribution < -0.4 is 16.6 Å². The van der Waals surface area contributed by atoms with Crippen LogP contribution >= 0.6 is 0 Å². The van der Waals surface area contributed by atoms with Crippen LogP contribution in [0.3, 0.4) is 0 Å². The van der Waals surface area contributed by atoms with E-state index in [0.29, 0.717) is 30.0 Å². The number of fused-ring (bicyclic) bond motifs is 1. The normalized spacial score (nSPS) is 16.4. The van der Waals surface area contributed by atoms with Crippen LogP contribution in [0.15, 0.2) is 116 Å². The van der Waals surface area contributed by atoms with Gasteiger partial charge in [0, 0.05) is 37.8 Å². The van der Waals surface area contributed by atoms with Crippen molar-refractivity contribution in [2.45, 2.75) is 25.3 Å². The first-order valence-electron chi connectivity index (χ1n) is 15.1. The van der Waals surface area contributed by atoms with Gasteiger partial charge in [-0.25, -0.2) is 4.79 Å². The van der Waals surface area contributed by atoms with Gasteiger partial charge in [-0.15, -0.1) is 0 Å². The molecule has 0 saturated heterocycles. The lowest BCUT2D eigenvalue weighted by molar-refractivity contribution is 0.0583. The second kappa shape index (κ2) is 12.8. The fourth-order valence-electron chi connectivity index (χ4n) is 6.01. The number of hydrogen-bond donors (Lipinski definition) is 2. The van der Waals surface area contributed by atoms with Crippen molar-refractivity contribution in [2.24, 2.45) is 19.1 Å². The molecule has 0 spiro atoms. The Balaban J connectivity index is 1.48. The average molecular weight is 618 g/mol. The summed E-state index contributed by atoms with van der Waals surface area (Å²) in [5, 5.41) is 14.3. The Kier molecular flexibility index (Phi) is 8.43. The lowest BCUT2D eigenvalue weighted by atomic mass is 9.81. The van der Waals surface area contributed by atoms with Gasteiger partial charge in [-0.2, -0.15) is 0 Å². The van der Waals surface area contributed by atoms with Gasteiger partial charge in [-0.1, -0.05) is 66.2 Å². The maximum Gasteiger partial charge on any atom is 0.333 e. The number of carbonyl (C=O) groups excluding carboxylic acids is 1. The molecule has 2 atom stereocenters. The van der Waals surface area contributed by atoms with Gasteiger partial charge in [-0.05, 0) is 54.8 Å². The van der Waals surface area contributed by atoms with Crippen LogP contribution in [0.5, 0.6) is 5.88 Å². The third-order valence-corrected chi connectivity index (χ3v) is 8.52. The third-order valence-electron chi connectivity index (χ3n) is 8.52. The number of carbonyl (C=O) groups is 1. The highest BCUT2D eigenvalue weighted by Crippen LogP contribution is 2.43. The molecule has 5 aromatic rings. The highest BCUT2D eigenvalue weighted by Gasteiger charge is 2.42. The number of aromatic nitrogens is 2. The Bertz CT molecular complexity index is 2010. The number of nitrogens with zero attached hydrogens (tertiary/aromatic N) is 4. The predicted molar refractivity (Wildman–Crippen MR) is 177 cm³/mol. The summed E-state index contributed by atoms with van der Waals surface area (Å²) in [7, 11) is 2.75. The molecule has 3 aromatic carbocycles. The molecule has 0 aliphatic carbocycles. The molecule has 0 saturated carbocycles. The predicted octanol–water partition coefficient (Wildman–Crippen LogP) is 4.77. The Morgan fingerprint density at radius 3 is 2.33 bits per heavy atom. The van der Waals surface area contributed by atoms with Gasteiger partial charge in [0.15, 0.2) is 0 Å². The summed E-state index contributed by atoms with van der Waals surface area (Å²) in [6.07, 6.45) is 2.23. The van der Waals surface area contributed by atoms with E-state index in [1.165, 1.54) is 14.1 Å². The largest absolute Gasteiger partial charge is 0.494 e. The molecule has 0 fully saturated rings. The monoisotopic (exact) mass is 617 g/mol. The van der Waals surface area contributed by atoms with E-state index < -0.39 is 23.2 Å². The van der Waals surface area contributed by atoms with E-state index in [1.807, 2.05) is 96.8 Å². The number of aliphatic imine (C=N–C) groups is 1. The van der Waals surface area contributed by atoms with Crippen LogP contribution in [-0.4, -0.2) is 44.0 Å². The molecule has 1 aliphatic heterocycles. The molecular weight excluding hydrogens is 582 g/mol. The fourth-order valence-corrected chi connectivity index (χ4v) is 6.01. The van der Waals surface area contributed by atoms with Crippen molar-refractivity contribution in [3.05, 3.63) is 152 Å². The minimum Gasteiger partial charge on any atom is -0.494 e. The zero-order valence-corrected chi connectivity index (χ0v) is 25.9. The smallest absolute Gasteiger partial charge is 0.333 e. The van der Waals surface area contributed by atoms with Gasteiger partial charge in [0.25, 0.3) is 11.5 Å². The quantitative estimate of drug-likeness (QED) is 0.191. The number of nitrogens with one attached hydrogen (secondary N) is 1. The van der Waals surface area contributed by atoms with Gasteiger partial charge in [0.1, 0.15) is 17.2 Å². The van der Waals surface area contributed by atoms with Crippen molar-refractivity contribution >= 4 is 17.4 Å². The molecule has 46 heavy (non-hydrogen) atoms. The molecule has 0 unspecified atom stereocenters. The van der Waals surface area contributed by atoms with Gasteiger partial charge in [-0.3, -0.25) is 23.7 Å². The number of amidine groups is 1. The zero-order valence-electron chi connectivity index (χ0n) is 25.9. The van der Waals surface area contributed by atoms with E-state index in [9.17, 15) is 19.5 Å². The molecule has 2 N–H and O–H groups in total. The highest BCUT2D eigenvalue weighted by molar-refractivity contribution is 6.09. The fraction of sp³-hybridized carbons (Fsp3) is 0.222. The number of hydrogen-bond acceptors (Lipinski definition) is 6. The molecular formula is C36H35N5O5. The minimum absolute atomic E-state index is 0.0981. The Hall–Kier alpha value is -5.64. The van der Waals surface area contributed by atoms with Crippen molar-refractivity contribution in [3.8, 4) is 5.88 Å². The minimum atomic E-state index is -0.690. The van der Waals surface area contributed by atoms with Gasteiger partial charge in [0.2, 0.25) is 5.88 Å². The maximum atomic E-state index is 14.0.